The van der Waals surface area contributed by atoms with Gasteiger partial charge in [-0.25, -0.2) is 0 Å². The second-order valence-electron chi connectivity index (χ2n) is 14.4. The summed E-state index contributed by atoms with van der Waals surface area (Å²) in [6, 6.07) is 76.0. The maximum Gasteiger partial charge on any atom is -0.00264 e. The Labute approximate surface area is 314 Å². The molecule has 0 bridgehead atoms. The molecule has 0 unspecified atom stereocenters. The van der Waals surface area contributed by atoms with E-state index in [4.69, 9.17) is 0 Å². The first-order valence-corrected chi connectivity index (χ1v) is 18.8. The van der Waals surface area contributed by atoms with Crippen molar-refractivity contribution in [2.45, 2.75) is 0 Å². The molecule has 0 aromatic heterocycles. The molecule has 0 saturated heterocycles. The van der Waals surface area contributed by atoms with E-state index in [0.29, 0.717) is 0 Å². The predicted molar refractivity (Wildman–Crippen MR) is 233 cm³/mol. The Bertz CT molecular complexity index is 3140. The zero-order valence-electron chi connectivity index (χ0n) is 29.6. The van der Waals surface area contributed by atoms with Gasteiger partial charge in [0.1, 0.15) is 0 Å². The smallest absolute Gasteiger partial charge is 0.00264 e. The summed E-state index contributed by atoms with van der Waals surface area (Å²) in [5.74, 6) is 0. The molecule has 0 nitrogen and oxygen atoms in total. The fourth-order valence-electron chi connectivity index (χ4n) is 8.96. The molecule has 0 N–H and O–H groups in total. The zero-order chi connectivity index (χ0) is 35.6. The third-order valence-corrected chi connectivity index (χ3v) is 11.5. The quantitative estimate of drug-likeness (QED) is 0.128. The molecule has 0 amide bonds. The van der Waals surface area contributed by atoms with Crippen molar-refractivity contribution in [2.24, 2.45) is 0 Å². The van der Waals surface area contributed by atoms with Crippen molar-refractivity contribution in [1.82, 2.24) is 0 Å². The number of benzene rings is 11. The summed E-state index contributed by atoms with van der Waals surface area (Å²) in [6.07, 6.45) is 0. The van der Waals surface area contributed by atoms with Crippen LogP contribution in [0.2, 0.25) is 0 Å². The number of hydrogen-bond donors (Lipinski definition) is 0. The Morgan fingerprint density at radius 2 is 0.537 bits per heavy atom. The van der Waals surface area contributed by atoms with Crippen LogP contribution in [0.1, 0.15) is 0 Å². The molecule has 0 atom stereocenters. The van der Waals surface area contributed by atoms with E-state index < -0.39 is 0 Å². The standard InChI is InChI=1S/C54H34/c1-2-14-41-36(12-1)13-11-23-42(41)37-26-30-39(31-27-37)54-50-21-9-7-19-48(50)53(49-20-8-10-22-51(49)54)38-28-24-35(25-29-38)40-32-33-47-45-17-4-3-15-43(45)44-16-5-6-18-46(44)52(47)34-40/h1-34H. The molecule has 0 fully saturated rings. The van der Waals surface area contributed by atoms with Crippen LogP contribution in [0.25, 0.3) is 109 Å². The largest absolute Gasteiger partial charge is 0.0616 e. The summed E-state index contributed by atoms with van der Waals surface area (Å²) in [7, 11) is 0. The topological polar surface area (TPSA) is 0 Å². The van der Waals surface area contributed by atoms with Crippen molar-refractivity contribution in [3.05, 3.63) is 206 Å². The second-order valence-corrected chi connectivity index (χ2v) is 14.4. The fraction of sp³-hybridized carbons (Fsp3) is 0. The lowest BCUT2D eigenvalue weighted by Gasteiger charge is -2.18. The Morgan fingerprint density at radius 1 is 0.185 bits per heavy atom. The molecule has 0 saturated carbocycles. The number of fused-ring (bicyclic) bond motifs is 9. The van der Waals surface area contributed by atoms with Gasteiger partial charge in [0.15, 0.2) is 0 Å². The molecule has 0 aliphatic rings. The van der Waals surface area contributed by atoms with Gasteiger partial charge in [-0.3, -0.25) is 0 Å². The van der Waals surface area contributed by atoms with Crippen molar-refractivity contribution in [3.63, 3.8) is 0 Å². The first kappa shape index (κ1) is 30.6. The summed E-state index contributed by atoms with van der Waals surface area (Å²) in [6.45, 7) is 0. The molecular weight excluding hydrogens is 649 g/mol. The van der Waals surface area contributed by atoms with Gasteiger partial charge in [-0.05, 0) is 115 Å². The molecule has 11 aromatic carbocycles. The molecule has 0 aliphatic heterocycles. The first-order valence-electron chi connectivity index (χ1n) is 18.8. The molecule has 11 rings (SSSR count). The minimum atomic E-state index is 1.22. The summed E-state index contributed by atoms with van der Waals surface area (Å²) in [5, 5.41) is 15.4. The van der Waals surface area contributed by atoms with E-state index in [2.05, 4.69) is 206 Å². The van der Waals surface area contributed by atoms with E-state index in [1.165, 1.54) is 109 Å². The average Bonchev–Trinajstić information content (AvgIpc) is 3.25. The highest BCUT2D eigenvalue weighted by Gasteiger charge is 2.17. The van der Waals surface area contributed by atoms with Crippen molar-refractivity contribution < 1.29 is 0 Å². The highest BCUT2D eigenvalue weighted by molar-refractivity contribution is 6.26. The molecule has 0 spiro atoms. The predicted octanol–water partition coefficient (Wildman–Crippen LogP) is 15.3. The first-order chi connectivity index (χ1) is 26.8. The van der Waals surface area contributed by atoms with Crippen LogP contribution in [0.15, 0.2) is 206 Å². The molecule has 250 valence electrons. The second kappa shape index (κ2) is 12.3. The third kappa shape index (κ3) is 4.78. The fourth-order valence-corrected chi connectivity index (χ4v) is 8.96. The maximum absolute atomic E-state index is 2.38. The Morgan fingerprint density at radius 3 is 1.06 bits per heavy atom. The lowest BCUT2D eigenvalue weighted by Crippen LogP contribution is -1.91. The van der Waals surface area contributed by atoms with Crippen LogP contribution in [0.3, 0.4) is 0 Å². The molecule has 0 heterocycles. The normalized spacial score (nSPS) is 11.7. The van der Waals surface area contributed by atoms with Gasteiger partial charge in [-0.2, -0.15) is 0 Å². The Kier molecular flexibility index (Phi) is 6.97. The SMILES string of the molecule is c1ccc2c(-c3ccc(-c4c5ccccc5c(-c5ccc(-c6ccc7c8ccccc8c8ccccc8c7c6)cc5)c5ccccc45)cc3)cccc2c1. The average molecular weight is 683 g/mol. The van der Waals surface area contributed by atoms with Gasteiger partial charge in [-0.1, -0.05) is 200 Å². The zero-order valence-corrected chi connectivity index (χ0v) is 29.6. The van der Waals surface area contributed by atoms with Gasteiger partial charge in [0, 0.05) is 0 Å². The number of rotatable bonds is 4. The summed E-state index contributed by atoms with van der Waals surface area (Å²) < 4.78 is 0. The van der Waals surface area contributed by atoms with Crippen molar-refractivity contribution >= 4 is 64.6 Å². The highest BCUT2D eigenvalue weighted by atomic mass is 14.2. The molecule has 0 aliphatic carbocycles. The Hall–Kier alpha value is -7.02. The van der Waals surface area contributed by atoms with E-state index in [1.807, 2.05) is 0 Å². The molecule has 54 heavy (non-hydrogen) atoms. The minimum absolute atomic E-state index is 1.22. The lowest BCUT2D eigenvalue weighted by molar-refractivity contribution is 1.62. The van der Waals surface area contributed by atoms with Crippen LogP contribution >= 0.6 is 0 Å². The molecule has 0 radical (unpaired) electrons. The monoisotopic (exact) mass is 682 g/mol. The molecule has 0 heteroatoms. The molecular formula is C54H34. The van der Waals surface area contributed by atoms with Crippen LogP contribution in [0.4, 0.5) is 0 Å². The number of hydrogen-bond acceptors (Lipinski definition) is 0. The van der Waals surface area contributed by atoms with E-state index in [9.17, 15) is 0 Å². The van der Waals surface area contributed by atoms with E-state index in [-0.39, 0.29) is 0 Å². The van der Waals surface area contributed by atoms with Crippen molar-refractivity contribution in [3.8, 4) is 44.5 Å². The van der Waals surface area contributed by atoms with Crippen LogP contribution in [0, 0.1) is 0 Å². The van der Waals surface area contributed by atoms with E-state index in [1.54, 1.807) is 0 Å². The third-order valence-electron chi connectivity index (χ3n) is 11.5. The lowest BCUT2D eigenvalue weighted by atomic mass is 9.85. The van der Waals surface area contributed by atoms with Gasteiger partial charge in [0.25, 0.3) is 0 Å². The van der Waals surface area contributed by atoms with Gasteiger partial charge >= 0.3 is 0 Å². The van der Waals surface area contributed by atoms with Gasteiger partial charge in [0.05, 0.1) is 0 Å². The van der Waals surface area contributed by atoms with E-state index >= 15 is 0 Å². The minimum Gasteiger partial charge on any atom is -0.0616 e. The van der Waals surface area contributed by atoms with Crippen molar-refractivity contribution in [2.75, 3.05) is 0 Å². The highest BCUT2D eigenvalue weighted by Crippen LogP contribution is 2.45. The van der Waals surface area contributed by atoms with Gasteiger partial charge in [-0.15, -0.1) is 0 Å². The Balaban J connectivity index is 1.03. The van der Waals surface area contributed by atoms with Crippen LogP contribution < -0.4 is 0 Å². The van der Waals surface area contributed by atoms with Gasteiger partial charge in [0.2, 0.25) is 0 Å². The van der Waals surface area contributed by atoms with Gasteiger partial charge < -0.3 is 0 Å². The van der Waals surface area contributed by atoms with Crippen molar-refractivity contribution in [1.29, 1.82) is 0 Å². The van der Waals surface area contributed by atoms with Crippen LogP contribution in [-0.2, 0) is 0 Å². The molecule has 11 aromatic rings. The van der Waals surface area contributed by atoms with Crippen LogP contribution in [0.5, 0.6) is 0 Å². The summed E-state index contributed by atoms with van der Waals surface area (Å²) in [4.78, 5) is 0. The summed E-state index contributed by atoms with van der Waals surface area (Å²) >= 11 is 0. The maximum atomic E-state index is 2.38. The van der Waals surface area contributed by atoms with E-state index in [0.717, 1.165) is 0 Å². The summed E-state index contributed by atoms with van der Waals surface area (Å²) in [5.41, 5.74) is 9.95. The van der Waals surface area contributed by atoms with Crippen LogP contribution in [-0.4, -0.2) is 0 Å².